The molecule has 0 aliphatic carbocycles. The lowest BCUT2D eigenvalue weighted by Gasteiger charge is -2.19. The number of hydrogen-bond acceptors (Lipinski definition) is 10. The number of alkyl halides is 3. The number of ether oxygens (including phenoxy) is 2. The SMILES string of the molecule is CC(=O)OCO/N=[N+](\[O-])N1CCCC1COC(=O)Cc1ccc(-c2cc(C(F)(F)F)nn2-c2ccc([SH](=O)=O)cc2)cc1. The van der Waals surface area contributed by atoms with Crippen LogP contribution in [0.1, 0.15) is 31.0 Å². The summed E-state index contributed by atoms with van der Waals surface area (Å²) in [4.78, 5) is 28.1. The molecule has 1 saturated heterocycles. The molecule has 3 aromatic rings. The van der Waals surface area contributed by atoms with E-state index in [0.717, 1.165) is 10.7 Å². The van der Waals surface area contributed by atoms with Crippen LogP contribution < -0.4 is 0 Å². The minimum Gasteiger partial charge on any atom is -0.569 e. The molecule has 1 fully saturated rings. The zero-order chi connectivity index (χ0) is 31.1. The molecule has 0 bridgehead atoms. The van der Waals surface area contributed by atoms with Crippen LogP contribution in [-0.2, 0) is 47.2 Å². The van der Waals surface area contributed by atoms with Crippen LogP contribution in [0.2, 0.25) is 0 Å². The van der Waals surface area contributed by atoms with Crippen molar-refractivity contribution >= 4 is 22.6 Å². The van der Waals surface area contributed by atoms with Gasteiger partial charge in [0.25, 0.3) is 6.79 Å². The van der Waals surface area contributed by atoms with Crippen molar-refractivity contribution < 1.29 is 50.5 Å². The average Bonchev–Trinajstić information content (AvgIpc) is 3.62. The number of nitrogens with zero attached hydrogens (tertiary/aromatic N) is 5. The normalized spacial score (nSPS) is 15.5. The Morgan fingerprint density at radius 2 is 1.81 bits per heavy atom. The number of hydrogen-bond donors (Lipinski definition) is 1. The van der Waals surface area contributed by atoms with E-state index in [-0.39, 0.29) is 34.3 Å². The molecule has 1 unspecified atom stereocenters. The zero-order valence-corrected chi connectivity index (χ0v) is 23.5. The van der Waals surface area contributed by atoms with E-state index in [1.807, 2.05) is 0 Å². The topological polar surface area (TPSA) is 155 Å². The number of carbonyl (C=O) groups excluding carboxylic acids is 2. The third-order valence-corrected chi connectivity index (χ3v) is 7.07. The van der Waals surface area contributed by atoms with Crippen molar-refractivity contribution in [3.63, 3.8) is 0 Å². The molecule has 17 heteroatoms. The Morgan fingerprint density at radius 1 is 1.12 bits per heavy atom. The smallest absolute Gasteiger partial charge is 0.435 e. The number of benzene rings is 2. The number of carbonyl (C=O) groups is 2. The molecule has 0 spiro atoms. The van der Waals surface area contributed by atoms with E-state index in [2.05, 4.69) is 20.0 Å². The Labute approximate surface area is 244 Å². The van der Waals surface area contributed by atoms with Gasteiger partial charge in [-0.25, -0.2) is 13.1 Å². The number of halogens is 3. The Morgan fingerprint density at radius 3 is 2.44 bits per heavy atom. The first-order valence-electron chi connectivity index (χ1n) is 12.8. The van der Waals surface area contributed by atoms with E-state index < -0.39 is 47.3 Å². The van der Waals surface area contributed by atoms with Crippen LogP contribution in [0.4, 0.5) is 13.2 Å². The molecular weight excluding hydrogens is 599 g/mol. The van der Waals surface area contributed by atoms with Crippen molar-refractivity contribution in [1.29, 1.82) is 0 Å². The van der Waals surface area contributed by atoms with Gasteiger partial charge in [0.15, 0.2) is 16.4 Å². The highest BCUT2D eigenvalue weighted by Gasteiger charge is 2.35. The van der Waals surface area contributed by atoms with E-state index in [1.165, 1.54) is 48.3 Å². The summed E-state index contributed by atoms with van der Waals surface area (Å²) in [5.41, 5.74) is 0.0972. The molecule has 1 aromatic heterocycles. The molecule has 43 heavy (non-hydrogen) atoms. The summed E-state index contributed by atoms with van der Waals surface area (Å²) in [7, 11) is -2.86. The summed E-state index contributed by atoms with van der Waals surface area (Å²) in [5.74, 6) is -1.18. The second-order valence-corrected chi connectivity index (χ2v) is 10.4. The fraction of sp³-hybridized carbons (Fsp3) is 0.346. The highest BCUT2D eigenvalue weighted by molar-refractivity contribution is 7.72. The summed E-state index contributed by atoms with van der Waals surface area (Å²) in [5, 5.41) is 20.5. The second-order valence-electron chi connectivity index (χ2n) is 9.33. The lowest BCUT2D eigenvalue weighted by Crippen LogP contribution is -2.39. The van der Waals surface area contributed by atoms with Crippen LogP contribution in [0.25, 0.3) is 16.9 Å². The van der Waals surface area contributed by atoms with Gasteiger partial charge in [0.05, 0.1) is 34.2 Å². The van der Waals surface area contributed by atoms with Gasteiger partial charge < -0.3 is 19.5 Å². The van der Waals surface area contributed by atoms with E-state index in [4.69, 9.17) is 4.74 Å². The van der Waals surface area contributed by atoms with Gasteiger partial charge in [-0.2, -0.15) is 18.3 Å². The minimum absolute atomic E-state index is 0.00556. The Balaban J connectivity index is 1.40. The molecular formula is C26H26F3N5O8S. The molecule has 0 N–H and O–H groups in total. The van der Waals surface area contributed by atoms with Crippen LogP contribution in [0.15, 0.2) is 64.8 Å². The summed E-state index contributed by atoms with van der Waals surface area (Å²) in [6, 6.07) is 11.9. The number of esters is 2. The molecule has 2 aromatic carbocycles. The monoisotopic (exact) mass is 625 g/mol. The van der Waals surface area contributed by atoms with Gasteiger partial charge in [-0.05, 0) is 48.7 Å². The zero-order valence-electron chi connectivity index (χ0n) is 22.6. The largest absolute Gasteiger partial charge is 0.569 e. The van der Waals surface area contributed by atoms with Gasteiger partial charge in [-0.15, -0.1) is 5.01 Å². The van der Waals surface area contributed by atoms with Crippen molar-refractivity contribution in [3.05, 3.63) is 71.1 Å². The molecule has 230 valence electrons. The summed E-state index contributed by atoms with van der Waals surface area (Å²) >= 11 is 0. The molecule has 0 saturated carbocycles. The molecule has 13 nitrogen and oxygen atoms in total. The Kier molecular flexibility index (Phi) is 9.84. The van der Waals surface area contributed by atoms with Crippen molar-refractivity contribution in [2.24, 2.45) is 5.28 Å². The van der Waals surface area contributed by atoms with Gasteiger partial charge in [0.2, 0.25) is 5.28 Å². The maximum atomic E-state index is 13.5. The van der Waals surface area contributed by atoms with Gasteiger partial charge >= 0.3 is 18.1 Å². The maximum Gasteiger partial charge on any atom is 0.435 e. The molecule has 0 radical (unpaired) electrons. The van der Waals surface area contributed by atoms with Crippen molar-refractivity contribution in [3.8, 4) is 16.9 Å². The predicted molar refractivity (Wildman–Crippen MR) is 141 cm³/mol. The van der Waals surface area contributed by atoms with Gasteiger partial charge in [-0.3, -0.25) is 9.59 Å². The van der Waals surface area contributed by atoms with Crippen molar-refractivity contribution in [1.82, 2.24) is 14.8 Å². The molecule has 4 rings (SSSR count). The van der Waals surface area contributed by atoms with Crippen molar-refractivity contribution in [2.45, 2.75) is 43.3 Å². The number of hydrazine groups is 1. The number of aromatic nitrogens is 2. The van der Waals surface area contributed by atoms with Crippen molar-refractivity contribution in [2.75, 3.05) is 19.9 Å². The Hall–Kier alpha value is -4.67. The van der Waals surface area contributed by atoms with Crippen LogP contribution in [-0.4, -0.2) is 66.1 Å². The first-order chi connectivity index (χ1) is 20.4. The first-order valence-corrected chi connectivity index (χ1v) is 14.0. The van der Waals surface area contributed by atoms with Crippen LogP contribution in [0, 0.1) is 5.21 Å². The highest BCUT2D eigenvalue weighted by Crippen LogP contribution is 2.33. The van der Waals surface area contributed by atoms with Crippen LogP contribution in [0.5, 0.6) is 0 Å². The van der Waals surface area contributed by atoms with Crippen LogP contribution in [0.3, 0.4) is 0 Å². The third-order valence-electron chi connectivity index (χ3n) is 6.35. The maximum absolute atomic E-state index is 13.5. The highest BCUT2D eigenvalue weighted by atomic mass is 32.2. The average molecular weight is 626 g/mol. The lowest BCUT2D eigenvalue weighted by atomic mass is 10.1. The van der Waals surface area contributed by atoms with Crippen LogP contribution >= 0.6 is 0 Å². The van der Waals surface area contributed by atoms with Gasteiger partial charge in [0, 0.05) is 12.5 Å². The van der Waals surface area contributed by atoms with E-state index in [0.29, 0.717) is 30.5 Å². The van der Waals surface area contributed by atoms with Gasteiger partial charge in [0.1, 0.15) is 12.6 Å². The quantitative estimate of drug-likeness (QED) is 0.0638. The predicted octanol–water partition coefficient (Wildman–Crippen LogP) is 3.41. The standard InChI is InChI=1S/C26H26F3N5O8S/c1-17(35)41-16-42-31-34(37)32-12-2-3-21(32)15-40-25(36)13-18-4-6-19(7-5-18)23-14-24(26(27,28)29)30-33(23)20-8-10-22(11-9-20)43(38)39/h4-11,14,21,43H,2-3,12-13,15-16H2,1H3/b34-31-. The van der Waals surface area contributed by atoms with Gasteiger partial charge in [-0.1, -0.05) is 24.3 Å². The number of thiol groups is 1. The van der Waals surface area contributed by atoms with E-state index >= 15 is 0 Å². The fourth-order valence-corrected chi connectivity index (χ4v) is 4.67. The molecule has 1 aliphatic rings. The lowest BCUT2D eigenvalue weighted by molar-refractivity contribution is -0.715. The summed E-state index contributed by atoms with van der Waals surface area (Å²) < 4.78 is 73.8. The Bertz CT molecular complexity index is 1550. The van der Waals surface area contributed by atoms with E-state index in [9.17, 15) is 36.4 Å². The minimum atomic E-state index is -4.72. The third kappa shape index (κ3) is 8.21. The number of rotatable bonds is 11. The fourth-order valence-electron chi connectivity index (χ4n) is 4.28. The molecule has 1 atom stereocenters. The summed E-state index contributed by atoms with van der Waals surface area (Å²) in [6.07, 6.45) is -3.64. The van der Waals surface area contributed by atoms with E-state index in [1.54, 1.807) is 12.1 Å². The summed E-state index contributed by atoms with van der Waals surface area (Å²) in [6.45, 7) is 0.911. The molecule has 1 aliphatic heterocycles. The second kappa shape index (κ2) is 13.5. The molecule has 2 heterocycles. The molecule has 0 amide bonds. The first kappa shape index (κ1) is 31.3.